The van der Waals surface area contributed by atoms with Gasteiger partial charge < -0.3 is 19.4 Å². The first kappa shape index (κ1) is 28.0. The molecule has 2 heterocycles. The molecule has 2 amide bonds. The average molecular weight is 535 g/mol. The van der Waals surface area contributed by atoms with Crippen molar-refractivity contribution in [3.63, 3.8) is 0 Å². The molecule has 2 aromatic rings. The standard InChI is InChI=1S/C30H38N4O5/c1-6-31(7-2)22-14-16-24-26(19-22)38-27-20-23(32(8-3)9-4)15-17-25(27)33(24)28(35)11-10-12-30(37)39-34-21(5)13-18-29(34)36/h14-17,19-20H,5-13,18H2,1-4H3. The van der Waals surface area contributed by atoms with Crippen LogP contribution in [-0.2, 0) is 19.2 Å². The normalized spacial score (nSPS) is 14.1. The number of allylic oxidation sites excluding steroid dienone is 1. The topological polar surface area (TPSA) is 82.6 Å². The Bertz CT molecular complexity index is 1170. The van der Waals surface area contributed by atoms with Crippen molar-refractivity contribution < 1.29 is 24.0 Å². The van der Waals surface area contributed by atoms with E-state index in [0.29, 0.717) is 35.0 Å². The Morgan fingerprint density at radius 1 is 0.872 bits per heavy atom. The van der Waals surface area contributed by atoms with Crippen molar-refractivity contribution in [2.45, 2.75) is 59.8 Å². The van der Waals surface area contributed by atoms with Crippen LogP contribution in [0.2, 0.25) is 0 Å². The van der Waals surface area contributed by atoms with Crippen molar-refractivity contribution in [1.82, 2.24) is 5.06 Å². The van der Waals surface area contributed by atoms with E-state index in [0.717, 1.165) is 42.6 Å². The first-order valence-electron chi connectivity index (χ1n) is 13.8. The highest BCUT2D eigenvalue weighted by Crippen LogP contribution is 2.49. The van der Waals surface area contributed by atoms with Crippen LogP contribution in [0, 0.1) is 0 Å². The van der Waals surface area contributed by atoms with Gasteiger partial charge in [0.2, 0.25) is 5.91 Å². The van der Waals surface area contributed by atoms with E-state index >= 15 is 0 Å². The summed E-state index contributed by atoms with van der Waals surface area (Å²) in [5.74, 6) is 0.236. The lowest BCUT2D eigenvalue weighted by molar-refractivity contribution is -0.186. The molecule has 2 aliphatic rings. The lowest BCUT2D eigenvalue weighted by Gasteiger charge is -2.33. The summed E-state index contributed by atoms with van der Waals surface area (Å²) in [5, 5.41) is 0.972. The summed E-state index contributed by atoms with van der Waals surface area (Å²) in [7, 11) is 0. The maximum absolute atomic E-state index is 13.6. The zero-order chi connectivity index (χ0) is 28.1. The summed E-state index contributed by atoms with van der Waals surface area (Å²) in [5.41, 5.74) is 3.85. The van der Waals surface area contributed by atoms with Crippen LogP contribution in [0.25, 0.3) is 0 Å². The smallest absolute Gasteiger partial charge is 0.333 e. The average Bonchev–Trinajstić information content (AvgIpc) is 3.24. The first-order chi connectivity index (χ1) is 18.8. The van der Waals surface area contributed by atoms with Gasteiger partial charge in [0, 0.05) is 68.9 Å². The number of carbonyl (C=O) groups is 3. The molecule has 0 saturated carbocycles. The first-order valence-corrected chi connectivity index (χ1v) is 13.8. The van der Waals surface area contributed by atoms with Gasteiger partial charge in [-0.05, 0) is 64.8 Å². The summed E-state index contributed by atoms with van der Waals surface area (Å²) >= 11 is 0. The number of rotatable bonds is 11. The monoisotopic (exact) mass is 534 g/mol. The third kappa shape index (κ3) is 5.87. The minimum atomic E-state index is -0.560. The van der Waals surface area contributed by atoms with Crippen molar-refractivity contribution in [3.05, 3.63) is 48.7 Å². The molecule has 0 unspecified atom stereocenters. The molecule has 0 aromatic heterocycles. The highest BCUT2D eigenvalue weighted by molar-refractivity contribution is 6.05. The Hall–Kier alpha value is -4.01. The van der Waals surface area contributed by atoms with E-state index < -0.39 is 5.97 Å². The molecule has 39 heavy (non-hydrogen) atoms. The summed E-state index contributed by atoms with van der Waals surface area (Å²) < 4.78 is 6.39. The Labute approximate surface area is 230 Å². The summed E-state index contributed by atoms with van der Waals surface area (Å²) in [4.78, 5) is 49.2. The van der Waals surface area contributed by atoms with Gasteiger partial charge in [-0.1, -0.05) is 6.58 Å². The predicted molar refractivity (Wildman–Crippen MR) is 152 cm³/mol. The molecule has 0 atom stereocenters. The number of amides is 2. The molecule has 1 saturated heterocycles. The molecule has 2 aliphatic heterocycles. The number of hydrogen-bond donors (Lipinski definition) is 0. The maximum atomic E-state index is 13.6. The van der Waals surface area contributed by atoms with Gasteiger partial charge in [-0.15, -0.1) is 5.06 Å². The van der Waals surface area contributed by atoms with E-state index in [1.165, 1.54) is 0 Å². The Balaban J connectivity index is 1.56. The zero-order valence-corrected chi connectivity index (χ0v) is 23.4. The van der Waals surface area contributed by atoms with Crippen LogP contribution < -0.4 is 19.4 Å². The Morgan fingerprint density at radius 3 is 1.87 bits per heavy atom. The van der Waals surface area contributed by atoms with Crippen molar-refractivity contribution in [1.29, 1.82) is 0 Å². The van der Waals surface area contributed by atoms with E-state index in [4.69, 9.17) is 9.57 Å². The van der Waals surface area contributed by atoms with Crippen LogP contribution in [0.1, 0.15) is 59.8 Å². The van der Waals surface area contributed by atoms with Gasteiger partial charge in [0.15, 0.2) is 11.5 Å². The fraction of sp³-hybridized carbons (Fsp3) is 0.433. The number of fused-ring (bicyclic) bond motifs is 2. The number of anilines is 4. The van der Waals surface area contributed by atoms with Crippen molar-refractivity contribution in [2.75, 3.05) is 40.9 Å². The molecule has 0 N–H and O–H groups in total. The third-order valence-corrected chi connectivity index (χ3v) is 7.20. The van der Waals surface area contributed by atoms with E-state index in [-0.39, 0.29) is 37.5 Å². The molecule has 208 valence electrons. The van der Waals surface area contributed by atoms with E-state index in [1.54, 1.807) is 4.90 Å². The fourth-order valence-corrected chi connectivity index (χ4v) is 5.02. The molecule has 9 heteroatoms. The summed E-state index contributed by atoms with van der Waals surface area (Å²) in [6.07, 6.45) is 1.18. The molecule has 1 fully saturated rings. The van der Waals surface area contributed by atoms with Crippen LogP contribution in [0.5, 0.6) is 11.5 Å². The largest absolute Gasteiger partial charge is 0.453 e. The second-order valence-corrected chi connectivity index (χ2v) is 9.55. The molecule has 0 bridgehead atoms. The van der Waals surface area contributed by atoms with Crippen LogP contribution in [0.4, 0.5) is 22.7 Å². The minimum absolute atomic E-state index is 0.00858. The fourth-order valence-electron chi connectivity index (χ4n) is 5.02. The Kier molecular flexibility index (Phi) is 8.79. The molecule has 2 aromatic carbocycles. The van der Waals surface area contributed by atoms with Gasteiger partial charge >= 0.3 is 5.97 Å². The van der Waals surface area contributed by atoms with Gasteiger partial charge in [0.25, 0.3) is 5.91 Å². The quantitative estimate of drug-likeness (QED) is 0.354. The number of carbonyl (C=O) groups excluding carboxylic acids is 3. The lowest BCUT2D eigenvalue weighted by atomic mass is 10.1. The van der Waals surface area contributed by atoms with E-state index in [9.17, 15) is 14.4 Å². The van der Waals surface area contributed by atoms with E-state index in [1.807, 2.05) is 36.4 Å². The van der Waals surface area contributed by atoms with Crippen LogP contribution in [-0.4, -0.2) is 49.0 Å². The second kappa shape index (κ2) is 12.2. The van der Waals surface area contributed by atoms with Gasteiger partial charge in [0.05, 0.1) is 17.1 Å². The van der Waals surface area contributed by atoms with E-state index in [2.05, 4.69) is 44.1 Å². The number of hydroxylamine groups is 2. The SMILES string of the molecule is C=C1CCC(=O)N1OC(=O)CCCC(=O)N1c2ccc(N(CC)CC)cc2Oc2cc(N(CC)CC)ccc21. The van der Waals surface area contributed by atoms with Crippen LogP contribution >= 0.6 is 0 Å². The molecule has 0 aliphatic carbocycles. The third-order valence-electron chi connectivity index (χ3n) is 7.20. The number of benzene rings is 2. The molecule has 0 spiro atoms. The van der Waals surface area contributed by atoms with Crippen LogP contribution in [0.3, 0.4) is 0 Å². The van der Waals surface area contributed by atoms with Crippen molar-refractivity contribution in [2.24, 2.45) is 0 Å². The van der Waals surface area contributed by atoms with Crippen molar-refractivity contribution >= 4 is 40.5 Å². The highest BCUT2D eigenvalue weighted by Gasteiger charge is 2.31. The molecule has 4 rings (SSSR count). The summed E-state index contributed by atoms with van der Waals surface area (Å²) in [6, 6.07) is 11.8. The van der Waals surface area contributed by atoms with Gasteiger partial charge in [-0.3, -0.25) is 14.5 Å². The summed E-state index contributed by atoms with van der Waals surface area (Å²) in [6.45, 7) is 15.6. The molecule has 9 nitrogen and oxygen atoms in total. The van der Waals surface area contributed by atoms with Gasteiger partial charge in [-0.25, -0.2) is 4.79 Å². The second-order valence-electron chi connectivity index (χ2n) is 9.55. The Morgan fingerprint density at radius 2 is 1.41 bits per heavy atom. The van der Waals surface area contributed by atoms with Crippen molar-refractivity contribution in [3.8, 4) is 11.5 Å². The lowest BCUT2D eigenvalue weighted by Crippen LogP contribution is -2.30. The molecular weight excluding hydrogens is 496 g/mol. The maximum Gasteiger partial charge on any atom is 0.333 e. The highest BCUT2D eigenvalue weighted by atomic mass is 16.7. The predicted octanol–water partition coefficient (Wildman–Crippen LogP) is 5.91. The minimum Gasteiger partial charge on any atom is -0.453 e. The number of ether oxygens (including phenoxy) is 1. The van der Waals surface area contributed by atoms with Gasteiger partial charge in [0.1, 0.15) is 0 Å². The molecular formula is C30H38N4O5. The van der Waals surface area contributed by atoms with Crippen LogP contribution in [0.15, 0.2) is 48.7 Å². The number of nitrogens with zero attached hydrogens (tertiary/aromatic N) is 4. The molecule has 0 radical (unpaired) electrons. The number of hydrogen-bond acceptors (Lipinski definition) is 7. The van der Waals surface area contributed by atoms with Gasteiger partial charge in [-0.2, -0.15) is 0 Å². The zero-order valence-electron chi connectivity index (χ0n) is 23.4.